The zero-order valence-corrected chi connectivity index (χ0v) is 13.2. The van der Waals surface area contributed by atoms with Crippen LogP contribution in [0.3, 0.4) is 0 Å². The van der Waals surface area contributed by atoms with Crippen LogP contribution in [-0.2, 0) is 22.9 Å². The van der Waals surface area contributed by atoms with E-state index in [1.54, 1.807) is 12.1 Å². The zero-order chi connectivity index (χ0) is 15.3. The van der Waals surface area contributed by atoms with Crippen molar-refractivity contribution in [2.45, 2.75) is 24.7 Å². The van der Waals surface area contributed by atoms with E-state index in [9.17, 15) is 8.42 Å². The molecule has 0 saturated carbocycles. The van der Waals surface area contributed by atoms with Gasteiger partial charge in [0.05, 0.1) is 22.4 Å². The van der Waals surface area contributed by atoms with Crippen molar-refractivity contribution in [1.82, 2.24) is 9.71 Å². The lowest BCUT2D eigenvalue weighted by Crippen LogP contribution is -2.26. The van der Waals surface area contributed by atoms with E-state index < -0.39 is 10.0 Å². The Balaban J connectivity index is 1.96. The van der Waals surface area contributed by atoms with E-state index in [-0.39, 0.29) is 11.3 Å². The van der Waals surface area contributed by atoms with Crippen LogP contribution in [0.4, 0.5) is 0 Å². The first kappa shape index (κ1) is 15.6. The molecule has 5 nitrogen and oxygen atoms in total. The number of aryl methyl sites for hydroxylation is 1. The molecule has 0 fully saturated rings. The minimum absolute atomic E-state index is 0.208. The Morgan fingerprint density at radius 2 is 2.05 bits per heavy atom. The number of thiazole rings is 1. The van der Waals surface area contributed by atoms with Gasteiger partial charge in [-0.25, -0.2) is 18.1 Å². The van der Waals surface area contributed by atoms with E-state index in [0.29, 0.717) is 13.0 Å². The van der Waals surface area contributed by atoms with Crippen LogP contribution in [0.25, 0.3) is 0 Å². The smallest absolute Gasteiger partial charge is 0.240 e. The van der Waals surface area contributed by atoms with Crippen LogP contribution in [-0.4, -0.2) is 19.9 Å². The van der Waals surface area contributed by atoms with Gasteiger partial charge in [-0.05, 0) is 24.6 Å². The summed E-state index contributed by atoms with van der Waals surface area (Å²) >= 11 is 1.53. The first-order valence-corrected chi connectivity index (χ1v) is 8.74. The lowest BCUT2D eigenvalue weighted by molar-refractivity contribution is 0.581. The number of aromatic nitrogens is 1. The van der Waals surface area contributed by atoms with Gasteiger partial charge in [0, 0.05) is 24.0 Å². The summed E-state index contributed by atoms with van der Waals surface area (Å²) < 4.78 is 26.8. The van der Waals surface area contributed by atoms with Crippen molar-refractivity contribution in [2.75, 3.05) is 6.54 Å². The summed E-state index contributed by atoms with van der Waals surface area (Å²) in [6.45, 7) is 2.22. The number of sulfonamides is 1. The summed E-state index contributed by atoms with van der Waals surface area (Å²) in [5, 5.41) is 11.4. The number of nitriles is 1. The van der Waals surface area contributed by atoms with Gasteiger partial charge in [-0.3, -0.25) is 0 Å². The molecule has 0 atom stereocenters. The molecule has 0 saturated heterocycles. The Bertz CT molecular complexity index is 743. The van der Waals surface area contributed by atoms with Crippen LogP contribution < -0.4 is 4.72 Å². The van der Waals surface area contributed by atoms with Gasteiger partial charge in [0.2, 0.25) is 10.0 Å². The molecule has 0 unspecified atom stereocenters. The zero-order valence-electron chi connectivity index (χ0n) is 11.5. The van der Waals surface area contributed by atoms with Gasteiger partial charge in [-0.15, -0.1) is 11.3 Å². The second-order valence-corrected chi connectivity index (χ2v) is 7.22. The Hall–Kier alpha value is -1.75. The molecule has 7 heteroatoms. The summed E-state index contributed by atoms with van der Waals surface area (Å²) in [7, 11) is -3.51. The third kappa shape index (κ3) is 4.36. The quantitative estimate of drug-likeness (QED) is 0.882. The maximum atomic E-state index is 12.1. The van der Waals surface area contributed by atoms with Crippen molar-refractivity contribution < 1.29 is 8.42 Å². The molecule has 0 aliphatic carbocycles. The average Bonchev–Trinajstić information content (AvgIpc) is 2.85. The van der Waals surface area contributed by atoms with E-state index >= 15 is 0 Å². The maximum absolute atomic E-state index is 12.1. The van der Waals surface area contributed by atoms with Gasteiger partial charge >= 0.3 is 0 Å². The molecule has 1 N–H and O–H groups in total. The fourth-order valence-electron chi connectivity index (χ4n) is 1.77. The van der Waals surface area contributed by atoms with Crippen molar-refractivity contribution in [3.05, 3.63) is 45.9 Å². The Labute approximate surface area is 128 Å². The van der Waals surface area contributed by atoms with E-state index in [1.807, 2.05) is 18.4 Å². The number of rotatable bonds is 6. The molecule has 0 radical (unpaired) electrons. The first-order chi connectivity index (χ1) is 10.0. The van der Waals surface area contributed by atoms with Gasteiger partial charge in [-0.1, -0.05) is 12.1 Å². The molecule has 0 bridgehead atoms. The second-order valence-electron chi connectivity index (χ2n) is 4.51. The van der Waals surface area contributed by atoms with Gasteiger partial charge in [0.25, 0.3) is 0 Å². The standard InChI is InChI=1S/C14H15N3O2S2/c1-11-10-20-14(17-11)7-9-16-21(18,19)13-4-2-12(3-5-13)6-8-15/h2-5,10,16H,6-7,9H2,1H3. The number of hydrogen-bond acceptors (Lipinski definition) is 5. The summed E-state index contributed by atoms with van der Waals surface area (Å²) in [5.74, 6) is 0. The molecule has 0 aliphatic rings. The highest BCUT2D eigenvalue weighted by Crippen LogP contribution is 2.12. The van der Waals surface area contributed by atoms with Crippen LogP contribution in [0.1, 0.15) is 16.3 Å². The molecule has 0 aliphatic heterocycles. The number of nitrogens with zero attached hydrogens (tertiary/aromatic N) is 2. The molecule has 1 aromatic carbocycles. The van der Waals surface area contributed by atoms with Gasteiger partial charge in [0.1, 0.15) is 0 Å². The molecule has 110 valence electrons. The maximum Gasteiger partial charge on any atom is 0.240 e. The highest BCUT2D eigenvalue weighted by atomic mass is 32.2. The second kappa shape index (κ2) is 6.80. The van der Waals surface area contributed by atoms with E-state index in [2.05, 4.69) is 9.71 Å². The van der Waals surface area contributed by atoms with Gasteiger partial charge in [-0.2, -0.15) is 5.26 Å². The van der Waals surface area contributed by atoms with Crippen LogP contribution in [0.15, 0.2) is 34.5 Å². The normalized spacial score (nSPS) is 11.2. The number of benzene rings is 1. The summed E-state index contributed by atoms with van der Waals surface area (Å²) in [6, 6.07) is 8.37. The molecule has 2 rings (SSSR count). The summed E-state index contributed by atoms with van der Waals surface area (Å²) in [6.07, 6.45) is 0.849. The number of nitrogens with one attached hydrogen (secondary N) is 1. The van der Waals surface area contributed by atoms with Crippen molar-refractivity contribution in [2.24, 2.45) is 0 Å². The minimum atomic E-state index is -3.51. The molecule has 1 heterocycles. The SMILES string of the molecule is Cc1csc(CCNS(=O)(=O)c2ccc(CC#N)cc2)n1. The third-order valence-corrected chi connectivity index (χ3v) is 5.32. The molecule has 0 spiro atoms. The monoisotopic (exact) mass is 321 g/mol. The predicted molar refractivity (Wildman–Crippen MR) is 81.5 cm³/mol. The van der Waals surface area contributed by atoms with Gasteiger partial charge < -0.3 is 0 Å². The van der Waals surface area contributed by atoms with Crippen LogP contribution >= 0.6 is 11.3 Å². The third-order valence-electron chi connectivity index (χ3n) is 2.81. The fraction of sp³-hybridized carbons (Fsp3) is 0.286. The largest absolute Gasteiger partial charge is 0.247 e. The van der Waals surface area contributed by atoms with Crippen LogP contribution in [0.5, 0.6) is 0 Å². The fourth-order valence-corrected chi connectivity index (χ4v) is 3.58. The van der Waals surface area contributed by atoms with Crippen LogP contribution in [0, 0.1) is 18.3 Å². The van der Waals surface area contributed by atoms with Gasteiger partial charge in [0.15, 0.2) is 0 Å². The highest BCUT2D eigenvalue weighted by Gasteiger charge is 2.13. The Morgan fingerprint density at radius 1 is 1.33 bits per heavy atom. The van der Waals surface area contributed by atoms with Crippen LogP contribution in [0.2, 0.25) is 0 Å². The first-order valence-electron chi connectivity index (χ1n) is 6.38. The topological polar surface area (TPSA) is 82.9 Å². The average molecular weight is 321 g/mol. The van der Waals surface area contributed by atoms with Crippen molar-refractivity contribution >= 4 is 21.4 Å². The van der Waals surface area contributed by atoms with Crippen molar-refractivity contribution in [3.8, 4) is 6.07 Å². The van der Waals surface area contributed by atoms with E-state index in [4.69, 9.17) is 5.26 Å². The molecule has 21 heavy (non-hydrogen) atoms. The number of hydrogen-bond donors (Lipinski definition) is 1. The molecule has 0 amide bonds. The minimum Gasteiger partial charge on any atom is -0.247 e. The summed E-state index contributed by atoms with van der Waals surface area (Å²) in [5.41, 5.74) is 1.75. The van der Waals surface area contributed by atoms with Crippen molar-refractivity contribution in [3.63, 3.8) is 0 Å². The van der Waals surface area contributed by atoms with Crippen molar-refractivity contribution in [1.29, 1.82) is 5.26 Å². The Morgan fingerprint density at radius 3 is 2.62 bits per heavy atom. The lowest BCUT2D eigenvalue weighted by Gasteiger charge is -2.06. The molecule has 2 aromatic rings. The predicted octanol–water partition coefficient (Wildman–Crippen LogP) is 2.04. The van der Waals surface area contributed by atoms with E-state index in [0.717, 1.165) is 16.3 Å². The molecule has 1 aromatic heterocycles. The molecular weight excluding hydrogens is 306 g/mol. The molecular formula is C14H15N3O2S2. The summed E-state index contributed by atoms with van der Waals surface area (Å²) in [4.78, 5) is 4.50. The Kier molecular flexibility index (Phi) is 5.07. The van der Waals surface area contributed by atoms with E-state index in [1.165, 1.54) is 23.5 Å². The highest BCUT2D eigenvalue weighted by molar-refractivity contribution is 7.89. The lowest BCUT2D eigenvalue weighted by atomic mass is 10.2.